The molecule has 0 spiro atoms. The minimum Gasteiger partial charge on any atom is -0.459 e. The fraction of sp³-hybridized carbons (Fsp3) is 0.286. The normalized spacial score (nSPS) is 10.8. The number of furan rings is 1. The molecule has 2 heterocycles. The summed E-state index contributed by atoms with van der Waals surface area (Å²) in [6.45, 7) is 4.04. The third kappa shape index (κ3) is 4.38. The van der Waals surface area contributed by atoms with Gasteiger partial charge in [-0.3, -0.25) is 4.79 Å². The monoisotopic (exact) mass is 370 g/mol. The molecule has 0 fully saturated rings. The van der Waals surface area contributed by atoms with Crippen molar-refractivity contribution in [2.45, 2.75) is 32.9 Å². The maximum atomic E-state index is 12.8. The van der Waals surface area contributed by atoms with E-state index in [9.17, 15) is 4.79 Å². The standard InChI is InChI=1S/C21H23ClN2O2/c1-2-3-12-24(21(25)20-11-7-14-26-20)16-18-9-6-13-23(18)15-17-8-4-5-10-19(17)22/h4-11,13-14H,2-3,12,15-16H2,1H3. The van der Waals surface area contributed by atoms with Gasteiger partial charge in [-0.25, -0.2) is 0 Å². The number of aromatic nitrogens is 1. The molecule has 0 bridgehead atoms. The van der Waals surface area contributed by atoms with Gasteiger partial charge in [0.25, 0.3) is 5.91 Å². The molecule has 0 aliphatic carbocycles. The van der Waals surface area contributed by atoms with E-state index in [1.807, 2.05) is 47.5 Å². The number of hydrogen-bond donors (Lipinski definition) is 0. The first-order chi connectivity index (χ1) is 12.7. The fourth-order valence-electron chi connectivity index (χ4n) is 2.91. The van der Waals surface area contributed by atoms with Crippen LogP contribution in [0.25, 0.3) is 0 Å². The minimum atomic E-state index is -0.0751. The fourth-order valence-corrected chi connectivity index (χ4v) is 3.11. The van der Waals surface area contributed by atoms with Gasteiger partial charge < -0.3 is 13.9 Å². The highest BCUT2D eigenvalue weighted by Crippen LogP contribution is 2.19. The van der Waals surface area contributed by atoms with Crippen LogP contribution in [0, 0.1) is 0 Å². The van der Waals surface area contributed by atoms with E-state index in [4.69, 9.17) is 16.0 Å². The van der Waals surface area contributed by atoms with E-state index in [0.29, 0.717) is 25.4 Å². The SMILES string of the molecule is CCCCN(Cc1cccn1Cc1ccccc1Cl)C(=O)c1ccco1. The van der Waals surface area contributed by atoms with Crippen molar-refractivity contribution in [3.05, 3.63) is 83.0 Å². The predicted molar refractivity (Wildman–Crippen MR) is 103 cm³/mol. The molecule has 1 aromatic carbocycles. The van der Waals surface area contributed by atoms with Crippen molar-refractivity contribution in [2.75, 3.05) is 6.54 Å². The van der Waals surface area contributed by atoms with Crippen molar-refractivity contribution >= 4 is 17.5 Å². The van der Waals surface area contributed by atoms with Crippen LogP contribution in [0.5, 0.6) is 0 Å². The van der Waals surface area contributed by atoms with Gasteiger partial charge in [-0.05, 0) is 42.3 Å². The number of benzene rings is 1. The third-order valence-electron chi connectivity index (χ3n) is 4.38. The number of hydrogen-bond acceptors (Lipinski definition) is 2. The van der Waals surface area contributed by atoms with Gasteiger partial charge in [0.2, 0.25) is 0 Å². The second-order valence-corrected chi connectivity index (χ2v) is 6.68. The van der Waals surface area contributed by atoms with Gasteiger partial charge in [0.05, 0.1) is 12.8 Å². The van der Waals surface area contributed by atoms with E-state index < -0.39 is 0 Å². The van der Waals surface area contributed by atoms with E-state index in [0.717, 1.165) is 29.1 Å². The van der Waals surface area contributed by atoms with Gasteiger partial charge in [0.1, 0.15) is 0 Å². The van der Waals surface area contributed by atoms with Crippen molar-refractivity contribution in [1.29, 1.82) is 0 Å². The highest BCUT2D eigenvalue weighted by molar-refractivity contribution is 6.31. The van der Waals surface area contributed by atoms with Crippen molar-refractivity contribution in [2.24, 2.45) is 0 Å². The van der Waals surface area contributed by atoms with Crippen LogP contribution in [0.15, 0.2) is 65.4 Å². The van der Waals surface area contributed by atoms with Crippen molar-refractivity contribution < 1.29 is 9.21 Å². The zero-order chi connectivity index (χ0) is 18.4. The van der Waals surface area contributed by atoms with E-state index in [1.165, 1.54) is 6.26 Å². The number of carbonyl (C=O) groups is 1. The highest BCUT2D eigenvalue weighted by atomic mass is 35.5. The van der Waals surface area contributed by atoms with Crippen LogP contribution < -0.4 is 0 Å². The second kappa shape index (κ2) is 8.77. The van der Waals surface area contributed by atoms with Gasteiger partial charge in [0, 0.05) is 30.0 Å². The quantitative estimate of drug-likeness (QED) is 0.544. The molecule has 26 heavy (non-hydrogen) atoms. The Morgan fingerprint density at radius 3 is 2.73 bits per heavy atom. The maximum absolute atomic E-state index is 12.8. The lowest BCUT2D eigenvalue weighted by molar-refractivity contribution is 0.0705. The lowest BCUT2D eigenvalue weighted by Gasteiger charge is -2.22. The van der Waals surface area contributed by atoms with Crippen LogP contribution in [-0.4, -0.2) is 21.9 Å². The molecule has 0 saturated carbocycles. The Balaban J connectivity index is 1.78. The summed E-state index contributed by atoms with van der Waals surface area (Å²) in [5, 5.41) is 0.752. The largest absolute Gasteiger partial charge is 0.459 e. The zero-order valence-corrected chi connectivity index (χ0v) is 15.7. The molecule has 3 rings (SSSR count). The van der Waals surface area contributed by atoms with Crippen LogP contribution in [0.4, 0.5) is 0 Å². The molecule has 1 amide bonds. The molecule has 0 atom stereocenters. The first kappa shape index (κ1) is 18.3. The van der Waals surface area contributed by atoms with E-state index in [1.54, 1.807) is 12.1 Å². The Morgan fingerprint density at radius 2 is 2.00 bits per heavy atom. The Bertz CT molecular complexity index is 839. The maximum Gasteiger partial charge on any atom is 0.289 e. The molecular weight excluding hydrogens is 348 g/mol. The van der Waals surface area contributed by atoms with Crippen LogP contribution >= 0.6 is 11.6 Å². The van der Waals surface area contributed by atoms with Gasteiger partial charge in [-0.2, -0.15) is 0 Å². The topological polar surface area (TPSA) is 38.4 Å². The van der Waals surface area contributed by atoms with E-state index in [2.05, 4.69) is 11.5 Å². The van der Waals surface area contributed by atoms with Gasteiger partial charge >= 0.3 is 0 Å². The minimum absolute atomic E-state index is 0.0751. The Kier molecular flexibility index (Phi) is 6.18. The number of carbonyl (C=O) groups excluding carboxylic acids is 1. The molecule has 2 aromatic heterocycles. The number of unbranched alkanes of at least 4 members (excludes halogenated alkanes) is 1. The summed E-state index contributed by atoms with van der Waals surface area (Å²) in [6, 6.07) is 15.3. The average molecular weight is 371 g/mol. The van der Waals surface area contributed by atoms with Crippen LogP contribution in [0.3, 0.4) is 0 Å². The van der Waals surface area contributed by atoms with E-state index >= 15 is 0 Å². The summed E-state index contributed by atoms with van der Waals surface area (Å²) in [5.74, 6) is 0.305. The third-order valence-corrected chi connectivity index (χ3v) is 4.74. The molecule has 4 nitrogen and oxygen atoms in total. The Morgan fingerprint density at radius 1 is 1.15 bits per heavy atom. The van der Waals surface area contributed by atoms with Crippen molar-refractivity contribution in [1.82, 2.24) is 9.47 Å². The summed E-state index contributed by atoms with van der Waals surface area (Å²) in [4.78, 5) is 14.6. The van der Waals surface area contributed by atoms with E-state index in [-0.39, 0.29) is 5.91 Å². The summed E-state index contributed by atoms with van der Waals surface area (Å²) in [5.41, 5.74) is 2.13. The molecule has 5 heteroatoms. The molecule has 3 aromatic rings. The summed E-state index contributed by atoms with van der Waals surface area (Å²) < 4.78 is 7.44. The van der Waals surface area contributed by atoms with Crippen LogP contribution in [0.1, 0.15) is 41.6 Å². The lowest BCUT2D eigenvalue weighted by atomic mass is 10.2. The van der Waals surface area contributed by atoms with Crippen molar-refractivity contribution in [3.63, 3.8) is 0 Å². The molecule has 0 aliphatic rings. The first-order valence-corrected chi connectivity index (χ1v) is 9.27. The molecule has 0 saturated heterocycles. The number of halogens is 1. The number of rotatable bonds is 8. The molecular formula is C21H23ClN2O2. The van der Waals surface area contributed by atoms with Crippen LogP contribution in [-0.2, 0) is 13.1 Å². The number of amides is 1. The average Bonchev–Trinajstić information content (AvgIpc) is 3.32. The second-order valence-electron chi connectivity index (χ2n) is 6.28. The molecule has 136 valence electrons. The smallest absolute Gasteiger partial charge is 0.289 e. The van der Waals surface area contributed by atoms with Gasteiger partial charge in [-0.15, -0.1) is 0 Å². The van der Waals surface area contributed by atoms with Crippen molar-refractivity contribution in [3.8, 4) is 0 Å². The highest BCUT2D eigenvalue weighted by Gasteiger charge is 2.19. The molecule has 0 radical (unpaired) electrons. The first-order valence-electron chi connectivity index (χ1n) is 8.89. The summed E-state index contributed by atoms with van der Waals surface area (Å²) in [6.07, 6.45) is 5.54. The van der Waals surface area contributed by atoms with Gasteiger partial charge in [-0.1, -0.05) is 43.1 Å². The lowest BCUT2D eigenvalue weighted by Crippen LogP contribution is -2.32. The molecule has 0 N–H and O–H groups in total. The van der Waals surface area contributed by atoms with Crippen LogP contribution in [0.2, 0.25) is 5.02 Å². The van der Waals surface area contributed by atoms with Gasteiger partial charge in [0.15, 0.2) is 5.76 Å². The summed E-state index contributed by atoms with van der Waals surface area (Å²) in [7, 11) is 0. The zero-order valence-electron chi connectivity index (χ0n) is 14.9. The molecule has 0 unspecified atom stereocenters. The summed E-state index contributed by atoms with van der Waals surface area (Å²) >= 11 is 6.30. The molecule has 0 aliphatic heterocycles. The predicted octanol–water partition coefficient (Wildman–Crippen LogP) is 5.23. The number of nitrogens with zero attached hydrogens (tertiary/aromatic N) is 2. The Labute approximate surface area is 159 Å². The Hall–Kier alpha value is -2.46.